The second-order valence-corrected chi connectivity index (χ2v) is 7.25. The first-order valence-corrected chi connectivity index (χ1v) is 10.1. The Balaban J connectivity index is 1.86. The van der Waals surface area contributed by atoms with Gasteiger partial charge in [0.1, 0.15) is 23.5 Å². The number of nitrogens with zero attached hydrogens (tertiary/aromatic N) is 1. The molecule has 3 rings (SSSR count). The van der Waals surface area contributed by atoms with Crippen LogP contribution >= 0.6 is 0 Å². The lowest BCUT2D eigenvalue weighted by Gasteiger charge is -2.15. The van der Waals surface area contributed by atoms with Gasteiger partial charge in [0.15, 0.2) is 0 Å². The predicted molar refractivity (Wildman–Crippen MR) is 123 cm³/mol. The van der Waals surface area contributed by atoms with Crippen molar-refractivity contribution in [1.82, 2.24) is 4.98 Å². The summed E-state index contributed by atoms with van der Waals surface area (Å²) in [5.41, 5.74) is 1.83. The van der Waals surface area contributed by atoms with Crippen molar-refractivity contribution in [2.45, 2.75) is 13.0 Å². The average molecular weight is 450 g/mol. The smallest absolute Gasteiger partial charge is 0.337 e. The van der Waals surface area contributed by atoms with Gasteiger partial charge in [-0.15, -0.1) is 0 Å². The lowest BCUT2D eigenvalue weighted by Crippen LogP contribution is -2.19. The third-order valence-corrected chi connectivity index (χ3v) is 4.52. The second-order valence-electron chi connectivity index (χ2n) is 7.25. The summed E-state index contributed by atoms with van der Waals surface area (Å²) in [6.07, 6.45) is 4.51. The Hall–Kier alpha value is -4.04. The number of hydrogen-bond donors (Lipinski definition) is 2. The largest absolute Gasteiger partial charge is 0.488 e. The molecule has 0 aliphatic heterocycles. The Labute approximate surface area is 190 Å². The van der Waals surface area contributed by atoms with Crippen LogP contribution in [0.1, 0.15) is 38.8 Å². The highest BCUT2D eigenvalue weighted by molar-refractivity contribution is 6.04. The van der Waals surface area contributed by atoms with E-state index in [-0.39, 0.29) is 23.3 Å². The highest BCUT2D eigenvalue weighted by Gasteiger charge is 2.13. The molecule has 0 bridgehead atoms. The zero-order valence-corrected chi connectivity index (χ0v) is 18.1. The number of hydrogen-bond acceptors (Lipinski definition) is 5. The van der Waals surface area contributed by atoms with Gasteiger partial charge in [-0.1, -0.05) is 24.3 Å². The molecular formula is C25H23FN2O5. The minimum absolute atomic E-state index is 0.0174. The van der Waals surface area contributed by atoms with E-state index in [1.54, 1.807) is 49.6 Å². The summed E-state index contributed by atoms with van der Waals surface area (Å²) < 4.78 is 24.1. The van der Waals surface area contributed by atoms with Gasteiger partial charge in [-0.25, -0.2) is 14.2 Å². The van der Waals surface area contributed by atoms with Crippen LogP contribution in [0.15, 0.2) is 60.8 Å². The van der Waals surface area contributed by atoms with Crippen molar-refractivity contribution in [2.75, 3.05) is 19.0 Å². The van der Waals surface area contributed by atoms with E-state index in [9.17, 15) is 14.0 Å². The van der Waals surface area contributed by atoms with Crippen molar-refractivity contribution in [3.63, 3.8) is 0 Å². The SMILES string of the molecule is COC[C@H](C)Oc1cc(/C=C/c2ccc(F)cc2)cc(C(=O)Nc2ccc(C(=O)O)cn2)c1. The first-order valence-electron chi connectivity index (χ1n) is 10.1. The number of amides is 1. The van der Waals surface area contributed by atoms with E-state index in [1.165, 1.54) is 30.5 Å². The molecule has 1 heterocycles. The standard InChI is InChI=1S/C25H23FN2O5/c1-16(15-32-2)33-22-12-18(4-3-17-5-8-21(26)9-6-17)11-20(13-22)24(29)28-23-10-7-19(14-27-23)25(30)31/h3-14,16H,15H2,1-2H3,(H,30,31)(H,27,28,29)/b4-3+/t16-/m0/s1. The quantitative estimate of drug-likeness (QED) is 0.457. The molecule has 33 heavy (non-hydrogen) atoms. The molecule has 1 aromatic heterocycles. The minimum Gasteiger partial charge on any atom is -0.488 e. The molecule has 170 valence electrons. The number of benzene rings is 2. The van der Waals surface area contributed by atoms with Crippen LogP contribution in [0.4, 0.5) is 10.2 Å². The average Bonchev–Trinajstić information content (AvgIpc) is 2.79. The van der Waals surface area contributed by atoms with E-state index in [0.29, 0.717) is 23.5 Å². The third-order valence-electron chi connectivity index (χ3n) is 4.52. The van der Waals surface area contributed by atoms with Gasteiger partial charge in [-0.3, -0.25) is 4.79 Å². The lowest BCUT2D eigenvalue weighted by molar-refractivity contribution is 0.0696. The molecule has 0 spiro atoms. The highest BCUT2D eigenvalue weighted by atomic mass is 19.1. The summed E-state index contributed by atoms with van der Waals surface area (Å²) in [5.74, 6) is -1.17. The maximum absolute atomic E-state index is 13.1. The number of aromatic carboxylic acids is 1. The zero-order chi connectivity index (χ0) is 23.8. The number of rotatable bonds is 9. The molecule has 0 unspecified atom stereocenters. The normalized spacial score (nSPS) is 11.8. The number of aromatic nitrogens is 1. The van der Waals surface area contributed by atoms with Crippen molar-refractivity contribution in [1.29, 1.82) is 0 Å². The molecular weight excluding hydrogens is 427 g/mol. The molecule has 0 aliphatic carbocycles. The van der Waals surface area contributed by atoms with Gasteiger partial charge in [-0.2, -0.15) is 0 Å². The van der Waals surface area contributed by atoms with Crippen LogP contribution in [-0.4, -0.2) is 41.8 Å². The number of pyridine rings is 1. The van der Waals surface area contributed by atoms with Crippen molar-refractivity contribution in [3.8, 4) is 5.75 Å². The Kier molecular flexibility index (Phi) is 7.88. The van der Waals surface area contributed by atoms with Gasteiger partial charge in [0.25, 0.3) is 5.91 Å². The summed E-state index contributed by atoms with van der Waals surface area (Å²) >= 11 is 0. The molecule has 0 aliphatic rings. The number of carboxylic acid groups (broad SMARTS) is 1. The van der Waals surface area contributed by atoms with Gasteiger partial charge >= 0.3 is 5.97 Å². The third kappa shape index (κ3) is 6.98. The maximum atomic E-state index is 13.1. The second kappa shape index (κ2) is 11.0. The highest BCUT2D eigenvalue weighted by Crippen LogP contribution is 2.22. The van der Waals surface area contributed by atoms with Gasteiger partial charge in [-0.05, 0) is 60.5 Å². The monoisotopic (exact) mass is 450 g/mol. The molecule has 1 atom stereocenters. The number of carboxylic acids is 1. The van der Waals surface area contributed by atoms with Crippen molar-refractivity contribution in [3.05, 3.63) is 88.9 Å². The number of nitrogens with one attached hydrogen (secondary N) is 1. The Morgan fingerprint density at radius 1 is 1.06 bits per heavy atom. The number of halogens is 1. The number of carbonyl (C=O) groups is 2. The molecule has 2 N–H and O–H groups in total. The number of ether oxygens (including phenoxy) is 2. The van der Waals surface area contributed by atoms with E-state index >= 15 is 0 Å². The molecule has 8 heteroatoms. The van der Waals surface area contributed by atoms with Crippen molar-refractivity contribution >= 4 is 29.8 Å². The van der Waals surface area contributed by atoms with E-state index in [1.807, 2.05) is 6.92 Å². The summed E-state index contributed by atoms with van der Waals surface area (Å²) in [6.45, 7) is 2.22. The molecule has 0 fully saturated rings. The predicted octanol–water partition coefficient (Wildman–Crippen LogP) is 4.76. The fraction of sp³-hybridized carbons (Fsp3) is 0.160. The molecule has 1 amide bonds. The zero-order valence-electron chi connectivity index (χ0n) is 18.1. The topological polar surface area (TPSA) is 97.8 Å². The summed E-state index contributed by atoms with van der Waals surface area (Å²) in [4.78, 5) is 27.8. The van der Waals surface area contributed by atoms with Gasteiger partial charge in [0.2, 0.25) is 0 Å². The van der Waals surface area contributed by atoms with Gasteiger partial charge < -0.3 is 19.9 Å². The van der Waals surface area contributed by atoms with E-state index in [2.05, 4.69) is 10.3 Å². The van der Waals surface area contributed by atoms with Crippen LogP contribution in [-0.2, 0) is 4.74 Å². The summed E-state index contributed by atoms with van der Waals surface area (Å²) in [6, 6.07) is 13.9. The van der Waals surface area contributed by atoms with Crippen LogP contribution in [0.2, 0.25) is 0 Å². The van der Waals surface area contributed by atoms with Gasteiger partial charge in [0.05, 0.1) is 12.2 Å². The van der Waals surface area contributed by atoms with Crippen LogP contribution in [0, 0.1) is 5.82 Å². The van der Waals surface area contributed by atoms with Crippen LogP contribution in [0.3, 0.4) is 0 Å². The maximum Gasteiger partial charge on any atom is 0.337 e. The molecule has 0 saturated heterocycles. The number of methoxy groups -OCH3 is 1. The fourth-order valence-electron chi connectivity index (χ4n) is 2.97. The summed E-state index contributed by atoms with van der Waals surface area (Å²) in [7, 11) is 1.57. The fourth-order valence-corrected chi connectivity index (χ4v) is 2.97. The Morgan fingerprint density at radius 2 is 1.79 bits per heavy atom. The minimum atomic E-state index is -1.10. The Bertz CT molecular complexity index is 1140. The molecule has 0 saturated carbocycles. The number of carbonyl (C=O) groups excluding carboxylic acids is 1. The lowest BCUT2D eigenvalue weighted by atomic mass is 10.1. The molecule has 3 aromatic rings. The molecule has 2 aromatic carbocycles. The van der Waals surface area contributed by atoms with E-state index in [4.69, 9.17) is 14.6 Å². The van der Waals surface area contributed by atoms with E-state index in [0.717, 1.165) is 5.56 Å². The molecule has 7 nitrogen and oxygen atoms in total. The first-order chi connectivity index (χ1) is 15.8. The first kappa shape index (κ1) is 23.6. The summed E-state index contributed by atoms with van der Waals surface area (Å²) in [5, 5.41) is 11.6. The van der Waals surface area contributed by atoms with Crippen molar-refractivity contribution < 1.29 is 28.6 Å². The van der Waals surface area contributed by atoms with E-state index < -0.39 is 11.9 Å². The van der Waals surface area contributed by atoms with Crippen molar-refractivity contribution in [2.24, 2.45) is 0 Å². The number of anilines is 1. The van der Waals surface area contributed by atoms with Gasteiger partial charge in [0, 0.05) is 18.9 Å². The van der Waals surface area contributed by atoms with Crippen LogP contribution < -0.4 is 10.1 Å². The molecule has 0 radical (unpaired) electrons. The Morgan fingerprint density at radius 3 is 2.42 bits per heavy atom. The van der Waals surface area contributed by atoms with Crippen LogP contribution in [0.5, 0.6) is 5.75 Å². The van der Waals surface area contributed by atoms with Crippen LogP contribution in [0.25, 0.3) is 12.2 Å².